The Kier molecular flexibility index (Phi) is 4.61. The summed E-state index contributed by atoms with van der Waals surface area (Å²) in [4.78, 5) is 12.9. The second-order valence-corrected chi connectivity index (χ2v) is 6.84. The van der Waals surface area contributed by atoms with Crippen molar-refractivity contribution in [3.05, 3.63) is 10.6 Å². The molecule has 0 saturated heterocycles. The summed E-state index contributed by atoms with van der Waals surface area (Å²) >= 11 is 1.19. The molecule has 0 aromatic carbocycles. The molecule has 1 aromatic rings. The standard InChI is InChI=1S/C13H22N2O2S/c1-12(2,3)11-10(18-15-14-11)9(16)7-8-13(4,5)17-6/h7-8H2,1-6H3. The lowest BCUT2D eigenvalue weighted by Gasteiger charge is -2.22. The van der Waals surface area contributed by atoms with Crippen LogP contribution in [0.5, 0.6) is 0 Å². The van der Waals surface area contributed by atoms with E-state index in [0.29, 0.717) is 17.7 Å². The first kappa shape index (κ1) is 15.2. The zero-order valence-corrected chi connectivity index (χ0v) is 12.8. The molecule has 4 nitrogen and oxygen atoms in total. The topological polar surface area (TPSA) is 52.1 Å². The quantitative estimate of drug-likeness (QED) is 0.771. The van der Waals surface area contributed by atoms with Gasteiger partial charge in [0.1, 0.15) is 4.88 Å². The summed E-state index contributed by atoms with van der Waals surface area (Å²) < 4.78 is 9.24. The normalized spacial score (nSPS) is 12.8. The van der Waals surface area contributed by atoms with Crippen LogP contribution in [0.1, 0.15) is 62.8 Å². The van der Waals surface area contributed by atoms with Crippen LogP contribution >= 0.6 is 11.5 Å². The minimum absolute atomic E-state index is 0.111. The van der Waals surface area contributed by atoms with E-state index in [1.807, 2.05) is 34.6 Å². The highest BCUT2D eigenvalue weighted by Crippen LogP contribution is 2.28. The van der Waals surface area contributed by atoms with Gasteiger partial charge in [-0.2, -0.15) is 0 Å². The Morgan fingerprint density at radius 2 is 1.89 bits per heavy atom. The van der Waals surface area contributed by atoms with Gasteiger partial charge in [0.2, 0.25) is 0 Å². The Morgan fingerprint density at radius 1 is 1.28 bits per heavy atom. The van der Waals surface area contributed by atoms with E-state index < -0.39 is 0 Å². The molecule has 0 bridgehead atoms. The number of ketones is 1. The number of ether oxygens (including phenoxy) is 1. The van der Waals surface area contributed by atoms with E-state index in [2.05, 4.69) is 9.59 Å². The van der Waals surface area contributed by atoms with E-state index >= 15 is 0 Å². The van der Waals surface area contributed by atoms with Gasteiger partial charge in [0, 0.05) is 18.9 Å². The SMILES string of the molecule is COC(C)(C)CCC(=O)c1snnc1C(C)(C)C. The van der Waals surface area contributed by atoms with Crippen molar-refractivity contribution in [1.29, 1.82) is 0 Å². The average Bonchev–Trinajstić information content (AvgIpc) is 2.74. The Hall–Kier alpha value is -0.810. The molecule has 102 valence electrons. The third kappa shape index (κ3) is 3.85. The highest BCUT2D eigenvalue weighted by Gasteiger charge is 2.27. The van der Waals surface area contributed by atoms with E-state index in [0.717, 1.165) is 5.69 Å². The molecule has 0 aliphatic heterocycles. The zero-order chi connectivity index (χ0) is 14.0. The predicted molar refractivity (Wildman–Crippen MR) is 73.3 cm³/mol. The predicted octanol–water partition coefficient (Wildman–Crippen LogP) is 3.22. The summed E-state index contributed by atoms with van der Waals surface area (Å²) in [5.41, 5.74) is 0.387. The third-order valence-corrected chi connectivity index (χ3v) is 3.73. The molecule has 1 rings (SSSR count). The Morgan fingerprint density at radius 3 is 2.39 bits per heavy atom. The summed E-state index contributed by atoms with van der Waals surface area (Å²) in [6.07, 6.45) is 1.16. The molecule has 0 N–H and O–H groups in total. The molecule has 18 heavy (non-hydrogen) atoms. The molecule has 1 aromatic heterocycles. The van der Waals surface area contributed by atoms with Crippen molar-refractivity contribution in [2.75, 3.05) is 7.11 Å². The number of nitrogens with zero attached hydrogens (tertiary/aromatic N) is 2. The minimum Gasteiger partial charge on any atom is -0.379 e. The fourth-order valence-corrected chi connectivity index (χ4v) is 2.34. The monoisotopic (exact) mass is 270 g/mol. The molecule has 5 heteroatoms. The maximum atomic E-state index is 12.2. The maximum absolute atomic E-state index is 12.2. The highest BCUT2D eigenvalue weighted by atomic mass is 32.1. The van der Waals surface area contributed by atoms with Crippen LogP contribution in [-0.4, -0.2) is 28.1 Å². The number of hydrogen-bond donors (Lipinski definition) is 0. The van der Waals surface area contributed by atoms with Crippen LogP contribution < -0.4 is 0 Å². The average molecular weight is 270 g/mol. The van der Waals surface area contributed by atoms with Crippen LogP contribution in [0.15, 0.2) is 0 Å². The highest BCUT2D eigenvalue weighted by molar-refractivity contribution is 7.08. The molecule has 0 aliphatic rings. The van der Waals surface area contributed by atoms with E-state index in [1.165, 1.54) is 11.5 Å². The number of aromatic nitrogens is 2. The lowest BCUT2D eigenvalue weighted by Crippen LogP contribution is -2.24. The Labute approximate surface area is 113 Å². The fourth-order valence-electron chi connectivity index (χ4n) is 1.49. The Bertz CT molecular complexity index is 419. The first-order valence-electron chi connectivity index (χ1n) is 6.08. The largest absolute Gasteiger partial charge is 0.379 e. The zero-order valence-electron chi connectivity index (χ0n) is 12.0. The van der Waals surface area contributed by atoms with Crippen molar-refractivity contribution in [3.63, 3.8) is 0 Å². The van der Waals surface area contributed by atoms with Gasteiger partial charge in [-0.1, -0.05) is 25.3 Å². The van der Waals surface area contributed by atoms with Crippen LogP contribution in [0.4, 0.5) is 0 Å². The van der Waals surface area contributed by atoms with E-state index in [4.69, 9.17) is 4.74 Å². The molecule has 1 heterocycles. The van der Waals surface area contributed by atoms with Gasteiger partial charge < -0.3 is 4.74 Å². The fraction of sp³-hybridized carbons (Fsp3) is 0.769. The van der Waals surface area contributed by atoms with Crippen molar-refractivity contribution < 1.29 is 9.53 Å². The second kappa shape index (κ2) is 5.45. The van der Waals surface area contributed by atoms with E-state index in [1.54, 1.807) is 7.11 Å². The smallest absolute Gasteiger partial charge is 0.176 e. The van der Waals surface area contributed by atoms with Gasteiger partial charge in [0.05, 0.1) is 11.3 Å². The maximum Gasteiger partial charge on any atom is 0.176 e. The molecule has 0 aliphatic carbocycles. The summed E-state index contributed by atoms with van der Waals surface area (Å²) in [7, 11) is 1.67. The molecular formula is C13H22N2O2S. The number of carbonyl (C=O) groups is 1. The number of methoxy groups -OCH3 is 1. The van der Waals surface area contributed by atoms with Crippen LogP contribution in [0, 0.1) is 0 Å². The molecule has 0 fully saturated rings. The lowest BCUT2D eigenvalue weighted by atomic mass is 9.89. The number of Topliss-reactive ketones (excluding diaryl/α,β-unsaturated/α-hetero) is 1. The van der Waals surface area contributed by atoms with E-state index in [-0.39, 0.29) is 16.8 Å². The van der Waals surface area contributed by atoms with Crippen LogP contribution in [0.2, 0.25) is 0 Å². The summed E-state index contributed by atoms with van der Waals surface area (Å²) in [5, 5.41) is 4.09. The molecular weight excluding hydrogens is 248 g/mol. The number of hydrogen-bond acceptors (Lipinski definition) is 5. The summed E-state index contributed by atoms with van der Waals surface area (Å²) in [6, 6.07) is 0. The number of rotatable bonds is 5. The third-order valence-electron chi connectivity index (χ3n) is 2.96. The van der Waals surface area contributed by atoms with Crippen LogP contribution in [0.3, 0.4) is 0 Å². The summed E-state index contributed by atoms with van der Waals surface area (Å²) in [6.45, 7) is 10.1. The van der Waals surface area contributed by atoms with Crippen molar-refractivity contribution in [3.8, 4) is 0 Å². The van der Waals surface area contributed by atoms with Gasteiger partial charge in [-0.15, -0.1) is 5.10 Å². The summed E-state index contributed by atoms with van der Waals surface area (Å²) in [5.74, 6) is 0.111. The van der Waals surface area contributed by atoms with Crippen molar-refractivity contribution in [2.45, 2.75) is 58.5 Å². The van der Waals surface area contributed by atoms with Crippen LogP contribution in [-0.2, 0) is 10.2 Å². The van der Waals surface area contributed by atoms with Gasteiger partial charge in [-0.3, -0.25) is 4.79 Å². The molecule has 0 spiro atoms. The van der Waals surface area contributed by atoms with Crippen molar-refractivity contribution >= 4 is 17.3 Å². The van der Waals surface area contributed by atoms with Crippen molar-refractivity contribution in [1.82, 2.24) is 9.59 Å². The van der Waals surface area contributed by atoms with Crippen molar-refractivity contribution in [2.24, 2.45) is 0 Å². The molecule has 0 atom stereocenters. The van der Waals surface area contributed by atoms with Crippen LogP contribution in [0.25, 0.3) is 0 Å². The van der Waals surface area contributed by atoms with Gasteiger partial charge in [0.25, 0.3) is 0 Å². The molecule has 0 amide bonds. The first-order valence-corrected chi connectivity index (χ1v) is 6.86. The Balaban J connectivity index is 2.78. The lowest BCUT2D eigenvalue weighted by molar-refractivity contribution is 0.0142. The molecule has 0 radical (unpaired) electrons. The molecule has 0 saturated carbocycles. The van der Waals surface area contributed by atoms with Gasteiger partial charge in [0.15, 0.2) is 5.78 Å². The first-order chi connectivity index (χ1) is 8.17. The van der Waals surface area contributed by atoms with E-state index in [9.17, 15) is 4.79 Å². The second-order valence-electron chi connectivity index (χ2n) is 6.09. The van der Waals surface area contributed by atoms with Gasteiger partial charge >= 0.3 is 0 Å². The van der Waals surface area contributed by atoms with Gasteiger partial charge in [-0.25, -0.2) is 0 Å². The van der Waals surface area contributed by atoms with Gasteiger partial charge in [-0.05, 0) is 31.8 Å². The minimum atomic E-state index is -0.268. The molecule has 0 unspecified atom stereocenters. The number of carbonyl (C=O) groups excluding carboxylic acids is 1.